The highest BCUT2D eigenvalue weighted by Gasteiger charge is 2.28. The molecule has 0 unspecified atom stereocenters. The lowest BCUT2D eigenvalue weighted by Crippen LogP contribution is -2.50. The van der Waals surface area contributed by atoms with Gasteiger partial charge in [-0.3, -0.25) is 4.79 Å². The average Bonchev–Trinajstić information content (AvgIpc) is 2.77. The molecule has 1 aliphatic heterocycles. The number of amides is 1. The van der Waals surface area contributed by atoms with Gasteiger partial charge < -0.3 is 10.2 Å². The number of carbonyl (C=O) groups is 1. The molecule has 0 bridgehead atoms. The number of rotatable bonds is 9. The smallest absolute Gasteiger partial charge is 0.243 e. The summed E-state index contributed by atoms with van der Waals surface area (Å²) in [7, 11) is -3.78. The minimum Gasteiger partial charge on any atom is -0.339 e. The highest BCUT2D eigenvalue weighted by Crippen LogP contribution is 2.19. The summed E-state index contributed by atoms with van der Waals surface area (Å²) in [4.78, 5) is 14.8. The molecule has 2 aromatic rings. The molecule has 1 heterocycles. The SMILES string of the molecule is CC(C)Cc1ccc(S(=O)(=O)N(CCc2ccccc2)CC(=O)N2CCNCC2)cc1. The van der Waals surface area contributed by atoms with E-state index in [1.165, 1.54) is 4.31 Å². The van der Waals surface area contributed by atoms with E-state index in [9.17, 15) is 13.2 Å². The number of nitrogens with one attached hydrogen (secondary N) is 1. The van der Waals surface area contributed by atoms with Crippen molar-refractivity contribution in [1.82, 2.24) is 14.5 Å². The maximum atomic E-state index is 13.4. The number of carbonyl (C=O) groups excluding carboxylic acids is 1. The standard InChI is InChI=1S/C24H33N3O3S/c1-20(2)18-22-8-10-23(11-9-22)31(29,30)27(15-12-21-6-4-3-5-7-21)19-24(28)26-16-13-25-14-17-26/h3-11,20,25H,12-19H2,1-2H3. The zero-order valence-corrected chi connectivity index (χ0v) is 19.3. The largest absolute Gasteiger partial charge is 0.339 e. The van der Waals surface area contributed by atoms with Crippen LogP contribution in [0.2, 0.25) is 0 Å². The summed E-state index contributed by atoms with van der Waals surface area (Å²) >= 11 is 0. The van der Waals surface area contributed by atoms with Gasteiger partial charge in [0.15, 0.2) is 0 Å². The van der Waals surface area contributed by atoms with E-state index in [1.807, 2.05) is 42.5 Å². The van der Waals surface area contributed by atoms with Crippen molar-refractivity contribution in [3.63, 3.8) is 0 Å². The first-order valence-corrected chi connectivity index (χ1v) is 12.4. The van der Waals surface area contributed by atoms with Crippen LogP contribution in [0.3, 0.4) is 0 Å². The summed E-state index contributed by atoms with van der Waals surface area (Å²) in [5, 5.41) is 3.22. The van der Waals surface area contributed by atoms with Gasteiger partial charge in [0.25, 0.3) is 0 Å². The first-order chi connectivity index (χ1) is 14.9. The van der Waals surface area contributed by atoms with E-state index in [2.05, 4.69) is 19.2 Å². The zero-order valence-electron chi connectivity index (χ0n) is 18.5. The fourth-order valence-electron chi connectivity index (χ4n) is 3.77. The van der Waals surface area contributed by atoms with Gasteiger partial charge in [0.1, 0.15) is 0 Å². The molecule has 1 fully saturated rings. The summed E-state index contributed by atoms with van der Waals surface area (Å²) in [5.41, 5.74) is 2.16. The molecule has 0 spiro atoms. The molecular weight excluding hydrogens is 410 g/mol. The van der Waals surface area contributed by atoms with Gasteiger partial charge in [-0.15, -0.1) is 0 Å². The van der Waals surface area contributed by atoms with E-state index >= 15 is 0 Å². The van der Waals surface area contributed by atoms with Crippen LogP contribution < -0.4 is 5.32 Å². The highest BCUT2D eigenvalue weighted by atomic mass is 32.2. The molecule has 1 amide bonds. The number of hydrogen-bond acceptors (Lipinski definition) is 4. The Morgan fingerprint density at radius 2 is 1.65 bits per heavy atom. The van der Waals surface area contributed by atoms with Crippen LogP contribution in [0.5, 0.6) is 0 Å². The summed E-state index contributed by atoms with van der Waals surface area (Å²) in [6.07, 6.45) is 1.46. The number of benzene rings is 2. The maximum absolute atomic E-state index is 13.4. The van der Waals surface area contributed by atoms with Crippen molar-refractivity contribution in [2.24, 2.45) is 5.92 Å². The van der Waals surface area contributed by atoms with Crippen LogP contribution in [-0.4, -0.2) is 62.8 Å². The third-order valence-electron chi connectivity index (χ3n) is 5.48. The Morgan fingerprint density at radius 1 is 1.00 bits per heavy atom. The van der Waals surface area contributed by atoms with Gasteiger partial charge in [0.05, 0.1) is 11.4 Å². The van der Waals surface area contributed by atoms with E-state index in [4.69, 9.17) is 0 Å². The minimum atomic E-state index is -3.78. The average molecular weight is 444 g/mol. The van der Waals surface area contributed by atoms with E-state index in [0.29, 0.717) is 25.4 Å². The van der Waals surface area contributed by atoms with E-state index < -0.39 is 10.0 Å². The summed E-state index contributed by atoms with van der Waals surface area (Å²) in [6, 6.07) is 16.8. The van der Waals surface area contributed by atoms with Gasteiger partial charge in [0.2, 0.25) is 15.9 Å². The second-order valence-corrected chi connectivity index (χ2v) is 10.4. The van der Waals surface area contributed by atoms with Crippen LogP contribution in [0.15, 0.2) is 59.5 Å². The molecule has 168 valence electrons. The molecule has 1 aliphatic rings. The second kappa shape index (κ2) is 10.9. The highest BCUT2D eigenvalue weighted by molar-refractivity contribution is 7.89. The third kappa shape index (κ3) is 6.63. The van der Waals surface area contributed by atoms with Crippen LogP contribution >= 0.6 is 0 Å². The lowest BCUT2D eigenvalue weighted by atomic mass is 10.0. The molecule has 0 saturated carbocycles. The molecule has 7 heteroatoms. The molecule has 31 heavy (non-hydrogen) atoms. The van der Waals surface area contributed by atoms with Crippen molar-refractivity contribution in [3.8, 4) is 0 Å². The van der Waals surface area contributed by atoms with E-state index in [0.717, 1.165) is 30.6 Å². The fourth-order valence-corrected chi connectivity index (χ4v) is 5.16. The van der Waals surface area contributed by atoms with Crippen LogP contribution in [0, 0.1) is 5.92 Å². The summed E-state index contributed by atoms with van der Waals surface area (Å²) in [5.74, 6) is 0.357. The van der Waals surface area contributed by atoms with Gasteiger partial charge in [-0.05, 0) is 42.0 Å². The fraction of sp³-hybridized carbons (Fsp3) is 0.458. The minimum absolute atomic E-state index is 0.136. The molecule has 1 saturated heterocycles. The number of sulfonamides is 1. The molecule has 0 aromatic heterocycles. The lowest BCUT2D eigenvalue weighted by Gasteiger charge is -2.30. The lowest BCUT2D eigenvalue weighted by molar-refractivity contribution is -0.131. The topological polar surface area (TPSA) is 69.7 Å². The number of nitrogens with zero attached hydrogens (tertiary/aromatic N) is 2. The molecule has 3 rings (SSSR count). The summed E-state index contributed by atoms with van der Waals surface area (Å²) in [6.45, 7) is 7.08. The predicted octanol–water partition coefficient (Wildman–Crippen LogP) is 2.55. The predicted molar refractivity (Wildman–Crippen MR) is 123 cm³/mol. The van der Waals surface area contributed by atoms with Crippen molar-refractivity contribution >= 4 is 15.9 Å². The Bertz CT molecular complexity index is 938. The molecule has 0 radical (unpaired) electrons. The Balaban J connectivity index is 1.79. The van der Waals surface area contributed by atoms with E-state index in [-0.39, 0.29) is 23.9 Å². The maximum Gasteiger partial charge on any atom is 0.243 e. The van der Waals surface area contributed by atoms with Gasteiger partial charge in [-0.2, -0.15) is 4.31 Å². The molecular formula is C24H33N3O3S. The normalized spacial score (nSPS) is 14.9. The van der Waals surface area contributed by atoms with E-state index in [1.54, 1.807) is 17.0 Å². The molecule has 6 nitrogen and oxygen atoms in total. The zero-order chi connectivity index (χ0) is 22.3. The van der Waals surface area contributed by atoms with Gasteiger partial charge in [0, 0.05) is 32.7 Å². The van der Waals surface area contributed by atoms with Gasteiger partial charge in [-0.25, -0.2) is 8.42 Å². The molecule has 0 atom stereocenters. The van der Waals surface area contributed by atoms with Crippen LogP contribution in [-0.2, 0) is 27.7 Å². The van der Waals surface area contributed by atoms with Crippen molar-refractivity contribution in [2.45, 2.75) is 31.6 Å². The van der Waals surface area contributed by atoms with Gasteiger partial charge >= 0.3 is 0 Å². The van der Waals surface area contributed by atoms with Gasteiger partial charge in [-0.1, -0.05) is 56.3 Å². The number of hydrogen-bond donors (Lipinski definition) is 1. The van der Waals surface area contributed by atoms with Crippen LogP contribution in [0.4, 0.5) is 0 Å². The molecule has 2 aromatic carbocycles. The quantitative estimate of drug-likeness (QED) is 0.647. The second-order valence-electron chi connectivity index (χ2n) is 8.45. The van der Waals surface area contributed by atoms with Crippen LogP contribution in [0.25, 0.3) is 0 Å². The molecule has 0 aliphatic carbocycles. The van der Waals surface area contributed by atoms with Crippen molar-refractivity contribution in [1.29, 1.82) is 0 Å². The third-order valence-corrected chi connectivity index (χ3v) is 7.34. The Morgan fingerprint density at radius 3 is 2.26 bits per heavy atom. The molecule has 1 N–H and O–H groups in total. The number of piperazine rings is 1. The Labute approximate surface area is 186 Å². The van der Waals surface area contributed by atoms with Crippen LogP contribution in [0.1, 0.15) is 25.0 Å². The van der Waals surface area contributed by atoms with Crippen molar-refractivity contribution < 1.29 is 13.2 Å². The Hall–Kier alpha value is -2.22. The summed E-state index contributed by atoms with van der Waals surface area (Å²) < 4.78 is 28.2. The van der Waals surface area contributed by atoms with Crippen molar-refractivity contribution in [2.75, 3.05) is 39.3 Å². The first kappa shape index (κ1) is 23.4. The monoisotopic (exact) mass is 443 g/mol. The first-order valence-electron chi connectivity index (χ1n) is 11.0. The van der Waals surface area contributed by atoms with Crippen molar-refractivity contribution in [3.05, 3.63) is 65.7 Å². The Kier molecular flexibility index (Phi) is 8.23.